The van der Waals surface area contributed by atoms with Gasteiger partial charge < -0.3 is 19.6 Å². The summed E-state index contributed by atoms with van der Waals surface area (Å²) in [5, 5.41) is 6.41. The van der Waals surface area contributed by atoms with E-state index in [2.05, 4.69) is 10.5 Å². The van der Waals surface area contributed by atoms with E-state index in [1.165, 1.54) is 0 Å². The highest BCUT2D eigenvalue weighted by molar-refractivity contribution is 5.91. The number of hydrogen-bond donors (Lipinski definition) is 1. The molecule has 1 N–H and O–H groups in total. The number of anilines is 1. The molecule has 0 aliphatic carbocycles. The number of aryl methyl sites for hydroxylation is 1. The van der Waals surface area contributed by atoms with Gasteiger partial charge in [-0.15, -0.1) is 0 Å². The SMILES string of the molecule is Cc1cc(NC(=O)CN2CCN(C(=O)N(C)C)CC2)no1. The van der Waals surface area contributed by atoms with Crippen LogP contribution in [0.3, 0.4) is 0 Å². The van der Waals surface area contributed by atoms with Crippen molar-refractivity contribution in [3.8, 4) is 0 Å². The van der Waals surface area contributed by atoms with Gasteiger partial charge in [0, 0.05) is 46.3 Å². The molecule has 0 atom stereocenters. The smallest absolute Gasteiger partial charge is 0.319 e. The fraction of sp³-hybridized carbons (Fsp3) is 0.615. The number of nitrogens with zero attached hydrogens (tertiary/aromatic N) is 4. The topological polar surface area (TPSA) is 81.9 Å². The summed E-state index contributed by atoms with van der Waals surface area (Å²) in [5.41, 5.74) is 0. The number of urea groups is 1. The van der Waals surface area contributed by atoms with Crippen molar-refractivity contribution in [2.24, 2.45) is 0 Å². The summed E-state index contributed by atoms with van der Waals surface area (Å²) in [4.78, 5) is 29.1. The van der Waals surface area contributed by atoms with Gasteiger partial charge in [0.25, 0.3) is 0 Å². The van der Waals surface area contributed by atoms with Crippen LogP contribution in [0.1, 0.15) is 5.76 Å². The minimum absolute atomic E-state index is 0.0113. The van der Waals surface area contributed by atoms with Crippen molar-refractivity contribution < 1.29 is 14.1 Å². The second kappa shape index (κ2) is 6.57. The van der Waals surface area contributed by atoms with Crippen LogP contribution in [-0.4, -0.2) is 78.6 Å². The zero-order valence-electron chi connectivity index (χ0n) is 12.6. The quantitative estimate of drug-likeness (QED) is 0.862. The third-order valence-electron chi connectivity index (χ3n) is 3.29. The van der Waals surface area contributed by atoms with E-state index in [0.29, 0.717) is 37.8 Å². The molecule has 1 fully saturated rings. The molecule has 1 saturated heterocycles. The Hall–Kier alpha value is -2.09. The predicted molar refractivity (Wildman–Crippen MR) is 77.0 cm³/mol. The molecule has 1 aromatic rings. The van der Waals surface area contributed by atoms with Gasteiger partial charge >= 0.3 is 6.03 Å². The predicted octanol–water partition coefficient (Wildman–Crippen LogP) is 0.221. The maximum absolute atomic E-state index is 11.9. The average Bonchev–Trinajstić information content (AvgIpc) is 2.83. The van der Waals surface area contributed by atoms with E-state index < -0.39 is 0 Å². The molecular weight excluding hydrogens is 274 g/mol. The first-order chi connectivity index (χ1) is 9.95. The first-order valence-electron chi connectivity index (χ1n) is 6.87. The third kappa shape index (κ3) is 4.19. The summed E-state index contributed by atoms with van der Waals surface area (Å²) in [5.74, 6) is 0.954. The minimum atomic E-state index is -0.129. The number of nitrogens with one attached hydrogen (secondary N) is 1. The maximum Gasteiger partial charge on any atom is 0.319 e. The lowest BCUT2D eigenvalue weighted by atomic mass is 10.3. The van der Waals surface area contributed by atoms with Crippen LogP contribution in [0.4, 0.5) is 10.6 Å². The van der Waals surface area contributed by atoms with E-state index in [1.54, 1.807) is 36.9 Å². The molecule has 8 heteroatoms. The number of hydrogen-bond acceptors (Lipinski definition) is 5. The molecule has 1 aliphatic heterocycles. The molecule has 0 aromatic carbocycles. The van der Waals surface area contributed by atoms with Crippen LogP contribution in [0.2, 0.25) is 0 Å². The Balaban J connectivity index is 1.75. The van der Waals surface area contributed by atoms with Crippen molar-refractivity contribution in [1.82, 2.24) is 19.9 Å². The third-order valence-corrected chi connectivity index (χ3v) is 3.29. The highest BCUT2D eigenvalue weighted by Crippen LogP contribution is 2.08. The molecule has 2 heterocycles. The zero-order chi connectivity index (χ0) is 15.4. The Morgan fingerprint density at radius 2 is 2.00 bits per heavy atom. The number of aromatic nitrogens is 1. The van der Waals surface area contributed by atoms with Gasteiger partial charge in [-0.05, 0) is 6.92 Å². The Kier molecular flexibility index (Phi) is 4.79. The van der Waals surface area contributed by atoms with Crippen LogP contribution in [0.5, 0.6) is 0 Å². The van der Waals surface area contributed by atoms with Crippen molar-refractivity contribution >= 4 is 17.8 Å². The van der Waals surface area contributed by atoms with Crippen molar-refractivity contribution in [2.75, 3.05) is 52.1 Å². The summed E-state index contributed by atoms with van der Waals surface area (Å²) in [6.45, 7) is 4.69. The summed E-state index contributed by atoms with van der Waals surface area (Å²) in [7, 11) is 3.48. The van der Waals surface area contributed by atoms with Gasteiger partial charge in [0.05, 0.1) is 6.54 Å². The summed E-state index contributed by atoms with van der Waals surface area (Å²) < 4.78 is 4.89. The van der Waals surface area contributed by atoms with Gasteiger partial charge in [-0.2, -0.15) is 0 Å². The molecule has 1 aromatic heterocycles. The highest BCUT2D eigenvalue weighted by atomic mass is 16.5. The van der Waals surface area contributed by atoms with Gasteiger partial charge in [-0.1, -0.05) is 5.16 Å². The lowest BCUT2D eigenvalue weighted by Gasteiger charge is -2.35. The molecule has 0 unspecified atom stereocenters. The average molecular weight is 295 g/mol. The van der Waals surface area contributed by atoms with E-state index in [4.69, 9.17) is 4.52 Å². The van der Waals surface area contributed by atoms with Crippen LogP contribution in [-0.2, 0) is 4.79 Å². The summed E-state index contributed by atoms with van der Waals surface area (Å²) in [6, 6.07) is 1.68. The first kappa shape index (κ1) is 15.3. The molecule has 3 amide bonds. The maximum atomic E-state index is 11.9. The van der Waals surface area contributed by atoms with Crippen molar-refractivity contribution in [1.29, 1.82) is 0 Å². The number of rotatable bonds is 3. The first-order valence-corrected chi connectivity index (χ1v) is 6.87. The van der Waals surface area contributed by atoms with Gasteiger partial charge in [0.2, 0.25) is 5.91 Å². The number of amides is 3. The molecular formula is C13H21N5O3. The van der Waals surface area contributed by atoms with E-state index >= 15 is 0 Å². The number of piperazine rings is 1. The Morgan fingerprint density at radius 1 is 1.33 bits per heavy atom. The number of carbonyl (C=O) groups excluding carboxylic acids is 2. The molecule has 2 rings (SSSR count). The van der Waals surface area contributed by atoms with Crippen molar-refractivity contribution in [3.63, 3.8) is 0 Å². The van der Waals surface area contributed by atoms with Gasteiger partial charge in [0.1, 0.15) is 5.76 Å². The zero-order valence-corrected chi connectivity index (χ0v) is 12.6. The standard InChI is InChI=1S/C13H21N5O3/c1-10-8-11(15-21-10)14-12(19)9-17-4-6-18(7-5-17)13(20)16(2)3/h8H,4-7,9H2,1-3H3,(H,14,15,19). The van der Waals surface area contributed by atoms with E-state index in [-0.39, 0.29) is 18.5 Å². The molecule has 0 spiro atoms. The van der Waals surface area contributed by atoms with E-state index in [1.807, 2.05) is 4.90 Å². The molecule has 8 nitrogen and oxygen atoms in total. The highest BCUT2D eigenvalue weighted by Gasteiger charge is 2.23. The fourth-order valence-corrected chi connectivity index (χ4v) is 2.19. The van der Waals surface area contributed by atoms with E-state index in [9.17, 15) is 9.59 Å². The Morgan fingerprint density at radius 3 is 2.52 bits per heavy atom. The van der Waals surface area contributed by atoms with Crippen molar-refractivity contribution in [3.05, 3.63) is 11.8 Å². The molecule has 0 radical (unpaired) electrons. The molecule has 0 saturated carbocycles. The lowest BCUT2D eigenvalue weighted by Crippen LogP contribution is -2.52. The number of carbonyl (C=O) groups is 2. The monoisotopic (exact) mass is 295 g/mol. The van der Waals surface area contributed by atoms with Crippen LogP contribution in [0, 0.1) is 6.92 Å². The lowest BCUT2D eigenvalue weighted by molar-refractivity contribution is -0.117. The summed E-state index contributed by atoms with van der Waals surface area (Å²) in [6.07, 6.45) is 0. The Labute approximate surface area is 123 Å². The van der Waals surface area contributed by atoms with Crippen LogP contribution in [0.15, 0.2) is 10.6 Å². The van der Waals surface area contributed by atoms with Gasteiger partial charge in [-0.25, -0.2) is 4.79 Å². The second-order valence-electron chi connectivity index (χ2n) is 5.31. The second-order valence-corrected chi connectivity index (χ2v) is 5.31. The fourth-order valence-electron chi connectivity index (χ4n) is 2.19. The molecule has 116 valence electrons. The van der Waals surface area contributed by atoms with Crippen LogP contribution < -0.4 is 5.32 Å². The van der Waals surface area contributed by atoms with Crippen LogP contribution in [0.25, 0.3) is 0 Å². The van der Waals surface area contributed by atoms with Crippen molar-refractivity contribution in [2.45, 2.75) is 6.92 Å². The molecule has 1 aliphatic rings. The molecule has 21 heavy (non-hydrogen) atoms. The molecule has 0 bridgehead atoms. The minimum Gasteiger partial charge on any atom is -0.360 e. The Bertz CT molecular complexity index is 506. The normalized spacial score (nSPS) is 15.9. The van der Waals surface area contributed by atoms with Crippen LogP contribution >= 0.6 is 0 Å². The van der Waals surface area contributed by atoms with Gasteiger partial charge in [-0.3, -0.25) is 9.69 Å². The largest absolute Gasteiger partial charge is 0.360 e. The van der Waals surface area contributed by atoms with Gasteiger partial charge in [0.15, 0.2) is 5.82 Å². The summed E-state index contributed by atoms with van der Waals surface area (Å²) >= 11 is 0. The van der Waals surface area contributed by atoms with E-state index in [0.717, 1.165) is 0 Å².